The van der Waals surface area contributed by atoms with E-state index in [1.54, 1.807) is 6.07 Å². The van der Waals surface area contributed by atoms with Gasteiger partial charge in [0.05, 0.1) is 0 Å². The van der Waals surface area contributed by atoms with Crippen molar-refractivity contribution >= 4 is 0 Å². The Morgan fingerprint density at radius 2 is 2.19 bits per heavy atom. The molecule has 0 aliphatic heterocycles. The van der Waals surface area contributed by atoms with Gasteiger partial charge in [0, 0.05) is 24.3 Å². The molecule has 0 fully saturated rings. The molecule has 0 aliphatic carbocycles. The molecule has 0 aromatic carbocycles. The van der Waals surface area contributed by atoms with Crippen LogP contribution in [0.4, 0.5) is 0 Å². The van der Waals surface area contributed by atoms with E-state index in [1.165, 1.54) is 0 Å². The Bertz CT molecular complexity index is 316. The Balaban J connectivity index is 2.28. The minimum atomic E-state index is -0.510. The van der Waals surface area contributed by atoms with Crippen LogP contribution < -0.4 is 10.1 Å². The Morgan fingerprint density at radius 1 is 1.44 bits per heavy atom. The van der Waals surface area contributed by atoms with E-state index in [2.05, 4.69) is 10.3 Å². The minimum Gasteiger partial charge on any atom is -0.475 e. The molecule has 2 N–H and O–H groups in total. The third-order valence-corrected chi connectivity index (χ3v) is 2.05. The van der Waals surface area contributed by atoms with Crippen molar-refractivity contribution in [3.63, 3.8) is 0 Å². The molecule has 16 heavy (non-hydrogen) atoms. The Kier molecular flexibility index (Phi) is 5.22. The fourth-order valence-electron chi connectivity index (χ4n) is 1.21. The smallest absolute Gasteiger partial charge is 0.213 e. The highest BCUT2D eigenvalue weighted by Crippen LogP contribution is 2.06. The summed E-state index contributed by atoms with van der Waals surface area (Å²) in [5.74, 6) is 0.559. The number of aromatic nitrogens is 1. The van der Waals surface area contributed by atoms with Gasteiger partial charge in [-0.1, -0.05) is 19.9 Å². The van der Waals surface area contributed by atoms with Crippen LogP contribution in [0.15, 0.2) is 18.2 Å². The Morgan fingerprint density at radius 3 is 2.81 bits per heavy atom. The number of hydrogen-bond donors (Lipinski definition) is 2. The number of aliphatic hydroxyl groups excluding tert-OH is 1. The van der Waals surface area contributed by atoms with Crippen LogP contribution in [0, 0.1) is 6.92 Å². The van der Waals surface area contributed by atoms with E-state index in [-0.39, 0.29) is 6.61 Å². The van der Waals surface area contributed by atoms with E-state index in [4.69, 9.17) is 4.74 Å². The topological polar surface area (TPSA) is 54.4 Å². The van der Waals surface area contributed by atoms with Gasteiger partial charge in [-0.05, 0) is 13.0 Å². The van der Waals surface area contributed by atoms with Crippen LogP contribution in [0.3, 0.4) is 0 Å². The van der Waals surface area contributed by atoms with Crippen LogP contribution in [-0.4, -0.2) is 35.4 Å². The van der Waals surface area contributed by atoms with E-state index in [0.29, 0.717) is 18.5 Å². The van der Waals surface area contributed by atoms with Crippen molar-refractivity contribution in [2.24, 2.45) is 0 Å². The molecule has 1 aromatic heterocycles. The first-order valence-electron chi connectivity index (χ1n) is 5.56. The van der Waals surface area contributed by atoms with Crippen LogP contribution in [0.25, 0.3) is 0 Å². The fourth-order valence-corrected chi connectivity index (χ4v) is 1.21. The maximum atomic E-state index is 9.61. The third-order valence-electron chi connectivity index (χ3n) is 2.05. The summed E-state index contributed by atoms with van der Waals surface area (Å²) in [7, 11) is 0. The molecule has 1 atom stereocenters. The average molecular weight is 224 g/mol. The summed E-state index contributed by atoms with van der Waals surface area (Å²) in [5, 5.41) is 12.8. The number of hydrogen-bond acceptors (Lipinski definition) is 4. The lowest BCUT2D eigenvalue weighted by molar-refractivity contribution is 0.102. The van der Waals surface area contributed by atoms with Crippen molar-refractivity contribution in [3.05, 3.63) is 23.9 Å². The lowest BCUT2D eigenvalue weighted by atomic mass is 10.3. The fraction of sp³-hybridized carbons (Fsp3) is 0.583. The zero-order valence-corrected chi connectivity index (χ0v) is 10.1. The van der Waals surface area contributed by atoms with Crippen molar-refractivity contribution < 1.29 is 9.84 Å². The summed E-state index contributed by atoms with van der Waals surface area (Å²) in [4.78, 5) is 4.19. The standard InChI is InChI=1S/C12H20N2O2/c1-9(2)13-7-11(15)8-16-12-6-4-5-10(3)14-12/h4-6,9,11,13,15H,7-8H2,1-3H3. The molecule has 1 unspecified atom stereocenters. The van der Waals surface area contributed by atoms with Gasteiger partial charge in [-0.15, -0.1) is 0 Å². The first-order chi connectivity index (χ1) is 7.58. The molecule has 90 valence electrons. The molecule has 0 saturated heterocycles. The van der Waals surface area contributed by atoms with Crippen molar-refractivity contribution in [2.75, 3.05) is 13.2 Å². The molecule has 0 bridgehead atoms. The van der Waals surface area contributed by atoms with E-state index < -0.39 is 6.10 Å². The van der Waals surface area contributed by atoms with Gasteiger partial charge in [0.1, 0.15) is 12.7 Å². The minimum absolute atomic E-state index is 0.260. The predicted molar refractivity (Wildman–Crippen MR) is 63.6 cm³/mol. The predicted octanol–water partition coefficient (Wildman–Crippen LogP) is 1.13. The molecule has 0 saturated carbocycles. The highest BCUT2D eigenvalue weighted by molar-refractivity contribution is 5.14. The summed E-state index contributed by atoms with van der Waals surface area (Å²) in [6.45, 7) is 6.77. The number of aliphatic hydroxyl groups is 1. The SMILES string of the molecule is Cc1cccc(OCC(O)CNC(C)C)n1. The van der Waals surface area contributed by atoms with Gasteiger partial charge >= 0.3 is 0 Å². The summed E-state index contributed by atoms with van der Waals surface area (Å²) in [5.41, 5.74) is 0.910. The van der Waals surface area contributed by atoms with Crippen LogP contribution in [0.5, 0.6) is 5.88 Å². The number of aryl methyl sites for hydroxylation is 1. The second-order valence-electron chi connectivity index (χ2n) is 4.14. The van der Waals surface area contributed by atoms with Gasteiger partial charge in [0.15, 0.2) is 0 Å². The summed E-state index contributed by atoms with van der Waals surface area (Å²) >= 11 is 0. The second-order valence-corrected chi connectivity index (χ2v) is 4.14. The quantitative estimate of drug-likeness (QED) is 0.760. The van der Waals surface area contributed by atoms with Gasteiger partial charge < -0.3 is 15.2 Å². The first-order valence-corrected chi connectivity index (χ1v) is 5.56. The molecular weight excluding hydrogens is 204 g/mol. The molecule has 1 aromatic rings. The number of nitrogens with zero attached hydrogens (tertiary/aromatic N) is 1. The zero-order chi connectivity index (χ0) is 12.0. The van der Waals surface area contributed by atoms with Gasteiger partial charge in [-0.25, -0.2) is 4.98 Å². The normalized spacial score (nSPS) is 12.8. The number of pyridine rings is 1. The molecule has 4 nitrogen and oxygen atoms in total. The van der Waals surface area contributed by atoms with Crippen molar-refractivity contribution in [1.82, 2.24) is 10.3 Å². The average Bonchev–Trinajstić information content (AvgIpc) is 2.23. The van der Waals surface area contributed by atoms with Gasteiger partial charge in [0.25, 0.3) is 0 Å². The molecule has 0 aliphatic rings. The number of rotatable bonds is 6. The van der Waals surface area contributed by atoms with Gasteiger partial charge in [-0.2, -0.15) is 0 Å². The van der Waals surface area contributed by atoms with Crippen LogP contribution in [0.1, 0.15) is 19.5 Å². The van der Waals surface area contributed by atoms with Crippen molar-refractivity contribution in [1.29, 1.82) is 0 Å². The molecule has 1 rings (SSSR count). The molecule has 0 spiro atoms. The van der Waals surface area contributed by atoms with E-state index in [0.717, 1.165) is 5.69 Å². The second kappa shape index (κ2) is 6.45. The largest absolute Gasteiger partial charge is 0.475 e. The summed E-state index contributed by atoms with van der Waals surface area (Å²) < 4.78 is 5.38. The maximum absolute atomic E-state index is 9.61. The Hall–Kier alpha value is -1.13. The monoisotopic (exact) mass is 224 g/mol. The van der Waals surface area contributed by atoms with Crippen molar-refractivity contribution in [2.45, 2.75) is 32.9 Å². The third kappa shape index (κ3) is 5.09. The molecular formula is C12H20N2O2. The van der Waals surface area contributed by atoms with Crippen LogP contribution in [-0.2, 0) is 0 Å². The molecule has 1 heterocycles. The molecule has 4 heteroatoms. The van der Waals surface area contributed by atoms with E-state index in [9.17, 15) is 5.11 Å². The lowest BCUT2D eigenvalue weighted by Crippen LogP contribution is -2.35. The van der Waals surface area contributed by atoms with Crippen LogP contribution in [0.2, 0.25) is 0 Å². The summed E-state index contributed by atoms with van der Waals surface area (Å²) in [6, 6.07) is 5.95. The number of ether oxygens (including phenoxy) is 1. The summed E-state index contributed by atoms with van der Waals surface area (Å²) in [6.07, 6.45) is -0.510. The van der Waals surface area contributed by atoms with Gasteiger partial charge in [0.2, 0.25) is 5.88 Å². The molecule has 0 radical (unpaired) electrons. The van der Waals surface area contributed by atoms with E-state index >= 15 is 0 Å². The van der Waals surface area contributed by atoms with Crippen LogP contribution >= 0.6 is 0 Å². The molecule has 0 amide bonds. The highest BCUT2D eigenvalue weighted by atomic mass is 16.5. The van der Waals surface area contributed by atoms with Gasteiger partial charge in [-0.3, -0.25) is 0 Å². The Labute approximate surface area is 96.7 Å². The first kappa shape index (κ1) is 12.9. The number of nitrogens with one attached hydrogen (secondary N) is 1. The lowest BCUT2D eigenvalue weighted by Gasteiger charge is -2.14. The maximum Gasteiger partial charge on any atom is 0.213 e. The highest BCUT2D eigenvalue weighted by Gasteiger charge is 2.06. The van der Waals surface area contributed by atoms with E-state index in [1.807, 2.05) is 32.9 Å². The van der Waals surface area contributed by atoms with Crippen molar-refractivity contribution in [3.8, 4) is 5.88 Å². The zero-order valence-electron chi connectivity index (χ0n) is 10.1.